The molecule has 0 radical (unpaired) electrons. The second kappa shape index (κ2) is 10.2. The third-order valence-electron chi connectivity index (χ3n) is 5.55. The third-order valence-corrected chi connectivity index (χ3v) is 5.88. The lowest BCUT2D eigenvalue weighted by Crippen LogP contribution is -2.50. The van der Waals surface area contributed by atoms with E-state index < -0.39 is 23.3 Å². The average Bonchev–Trinajstić information content (AvgIpc) is 2.86. The van der Waals surface area contributed by atoms with E-state index in [1.54, 1.807) is 48.5 Å². The van der Waals surface area contributed by atoms with Gasteiger partial charge in [0.2, 0.25) is 0 Å². The number of hydrogen-bond acceptors (Lipinski definition) is 2. The summed E-state index contributed by atoms with van der Waals surface area (Å²) >= 11 is 6.19. The van der Waals surface area contributed by atoms with Crippen LogP contribution in [0.5, 0.6) is 0 Å². The Kier molecular flexibility index (Phi) is 7.07. The molecule has 0 saturated carbocycles. The highest BCUT2D eigenvalue weighted by atomic mass is 35.5. The van der Waals surface area contributed by atoms with Gasteiger partial charge < -0.3 is 10.6 Å². The van der Waals surface area contributed by atoms with Crippen molar-refractivity contribution in [1.29, 1.82) is 0 Å². The number of pyridine rings is 1. The number of hydrogen-bond donors (Lipinski definition) is 2. The number of halogens is 4. The molecule has 2 N–H and O–H groups in total. The number of rotatable bonds is 6. The Morgan fingerprint density at radius 1 is 0.829 bits per heavy atom. The Bertz CT molecular complexity index is 1300. The van der Waals surface area contributed by atoms with Crippen LogP contribution in [-0.2, 0) is 18.1 Å². The van der Waals surface area contributed by atoms with Gasteiger partial charge in [-0.3, -0.25) is 4.98 Å². The lowest BCUT2D eigenvalue weighted by atomic mass is 9.80. The van der Waals surface area contributed by atoms with Crippen molar-refractivity contribution in [3.05, 3.63) is 131 Å². The minimum Gasteiger partial charge on any atom is -0.322 e. The summed E-state index contributed by atoms with van der Waals surface area (Å²) in [4.78, 5) is 17.7. The molecule has 0 aliphatic heterocycles. The summed E-state index contributed by atoms with van der Waals surface area (Å²) in [6.07, 6.45) is -2.86. The molecule has 3 aromatic carbocycles. The van der Waals surface area contributed by atoms with Crippen molar-refractivity contribution < 1.29 is 18.0 Å². The van der Waals surface area contributed by atoms with E-state index in [1.165, 1.54) is 12.3 Å². The van der Waals surface area contributed by atoms with Gasteiger partial charge in [-0.2, -0.15) is 13.2 Å². The van der Waals surface area contributed by atoms with Crippen molar-refractivity contribution in [3.8, 4) is 0 Å². The number of amides is 2. The molecule has 35 heavy (non-hydrogen) atoms. The molecular formula is C27H21ClF3N3O. The third kappa shape index (κ3) is 5.63. The summed E-state index contributed by atoms with van der Waals surface area (Å²) in [6, 6.07) is 25.3. The zero-order valence-electron chi connectivity index (χ0n) is 18.4. The maximum Gasteiger partial charge on any atom is 0.416 e. The lowest BCUT2D eigenvalue weighted by molar-refractivity contribution is -0.137. The van der Waals surface area contributed by atoms with Crippen molar-refractivity contribution in [2.45, 2.75) is 18.1 Å². The van der Waals surface area contributed by atoms with Crippen LogP contribution in [0.1, 0.15) is 22.4 Å². The highest BCUT2D eigenvalue weighted by molar-refractivity contribution is 6.33. The summed E-state index contributed by atoms with van der Waals surface area (Å²) in [5, 5.41) is 5.96. The Hall–Kier alpha value is -3.84. The number of carbonyl (C=O) groups excluding carboxylic acids is 1. The highest BCUT2D eigenvalue weighted by Gasteiger charge is 2.40. The van der Waals surface area contributed by atoms with E-state index in [2.05, 4.69) is 15.6 Å². The first kappa shape index (κ1) is 24.3. The van der Waals surface area contributed by atoms with E-state index >= 15 is 0 Å². The fourth-order valence-electron chi connectivity index (χ4n) is 3.91. The van der Waals surface area contributed by atoms with Crippen LogP contribution in [-0.4, -0.2) is 11.0 Å². The van der Waals surface area contributed by atoms with Crippen LogP contribution < -0.4 is 10.6 Å². The van der Waals surface area contributed by atoms with E-state index in [4.69, 9.17) is 11.6 Å². The quantitative estimate of drug-likeness (QED) is 0.301. The summed E-state index contributed by atoms with van der Waals surface area (Å²) in [7, 11) is 0. The van der Waals surface area contributed by atoms with Crippen LogP contribution in [0.25, 0.3) is 0 Å². The van der Waals surface area contributed by atoms with Gasteiger partial charge in [-0.15, -0.1) is 0 Å². The molecule has 1 aromatic heterocycles. The molecule has 8 heteroatoms. The second-order valence-corrected chi connectivity index (χ2v) is 8.33. The molecular weight excluding hydrogens is 475 g/mol. The number of anilines is 1. The Morgan fingerprint density at radius 2 is 1.51 bits per heavy atom. The number of benzene rings is 3. The normalized spacial score (nSPS) is 13.0. The standard InChI is InChI=1S/C27H21ClF3N3O/c28-22-13-4-5-14-23(22)33-25(35)34-26(24-15-6-7-16-32-24,18-19-9-2-1-3-10-19)20-11-8-12-21(17-20)27(29,30)31/h1-17H,18H2,(H2,33,34,35). The number of alkyl halides is 3. The Morgan fingerprint density at radius 3 is 2.20 bits per heavy atom. The summed E-state index contributed by atoms with van der Waals surface area (Å²) < 4.78 is 40.9. The van der Waals surface area contributed by atoms with Crippen molar-refractivity contribution in [1.82, 2.24) is 10.3 Å². The topological polar surface area (TPSA) is 54.0 Å². The van der Waals surface area contributed by atoms with Gasteiger partial charge in [0.25, 0.3) is 0 Å². The molecule has 178 valence electrons. The van der Waals surface area contributed by atoms with Gasteiger partial charge >= 0.3 is 12.2 Å². The number of nitrogens with one attached hydrogen (secondary N) is 2. The van der Waals surface area contributed by atoms with Crippen molar-refractivity contribution in [2.75, 3.05) is 5.32 Å². The van der Waals surface area contributed by atoms with E-state index in [1.807, 2.05) is 30.3 Å². The molecule has 0 aliphatic carbocycles. The van der Waals surface area contributed by atoms with Crippen LogP contribution in [0.2, 0.25) is 5.02 Å². The predicted molar refractivity (Wildman–Crippen MR) is 130 cm³/mol. The molecule has 0 bridgehead atoms. The van der Waals surface area contributed by atoms with Crippen LogP contribution >= 0.6 is 11.6 Å². The van der Waals surface area contributed by atoms with E-state index in [0.29, 0.717) is 16.4 Å². The van der Waals surface area contributed by atoms with Crippen molar-refractivity contribution in [3.63, 3.8) is 0 Å². The van der Waals surface area contributed by atoms with Gasteiger partial charge in [0.1, 0.15) is 5.54 Å². The van der Waals surface area contributed by atoms with Crippen LogP contribution in [0.4, 0.5) is 23.7 Å². The minimum absolute atomic E-state index is 0.155. The fraction of sp³-hybridized carbons (Fsp3) is 0.111. The van der Waals surface area contributed by atoms with Gasteiger partial charge in [-0.1, -0.05) is 72.3 Å². The first-order valence-electron chi connectivity index (χ1n) is 10.7. The van der Waals surface area contributed by atoms with Crippen LogP contribution in [0, 0.1) is 0 Å². The number of urea groups is 1. The first-order valence-corrected chi connectivity index (χ1v) is 11.1. The SMILES string of the molecule is O=C(Nc1ccccc1Cl)NC(Cc1ccccc1)(c1cccc(C(F)(F)F)c1)c1ccccn1. The average molecular weight is 496 g/mol. The maximum atomic E-state index is 13.6. The summed E-state index contributed by atoms with van der Waals surface area (Å²) in [5.41, 5.74) is -0.452. The number of nitrogens with zero attached hydrogens (tertiary/aromatic N) is 1. The zero-order valence-corrected chi connectivity index (χ0v) is 19.1. The van der Waals surface area contributed by atoms with Gasteiger partial charge in [0, 0.05) is 12.6 Å². The zero-order chi connectivity index (χ0) is 24.9. The Balaban J connectivity index is 1.86. The monoisotopic (exact) mass is 495 g/mol. The predicted octanol–water partition coefficient (Wildman–Crippen LogP) is 7.06. The van der Waals surface area contributed by atoms with Gasteiger partial charge in [-0.05, 0) is 47.5 Å². The second-order valence-electron chi connectivity index (χ2n) is 7.92. The van der Waals surface area contributed by atoms with Crippen LogP contribution in [0.3, 0.4) is 0 Å². The largest absolute Gasteiger partial charge is 0.416 e. The molecule has 1 heterocycles. The Labute approximate surface area is 205 Å². The first-order chi connectivity index (χ1) is 16.8. The molecule has 0 aliphatic rings. The summed E-state index contributed by atoms with van der Waals surface area (Å²) in [5.74, 6) is 0. The minimum atomic E-state index is -4.56. The van der Waals surface area contributed by atoms with Crippen LogP contribution in [0.15, 0.2) is 103 Å². The lowest BCUT2D eigenvalue weighted by Gasteiger charge is -2.35. The molecule has 0 saturated heterocycles. The van der Waals surface area contributed by atoms with Gasteiger partial charge in [0.05, 0.1) is 22.0 Å². The molecule has 4 rings (SSSR count). The fourth-order valence-corrected chi connectivity index (χ4v) is 4.09. The number of carbonyl (C=O) groups is 1. The van der Waals surface area contributed by atoms with Gasteiger partial charge in [0.15, 0.2) is 0 Å². The smallest absolute Gasteiger partial charge is 0.322 e. The molecule has 1 atom stereocenters. The van der Waals surface area contributed by atoms with E-state index in [0.717, 1.165) is 17.7 Å². The molecule has 0 fully saturated rings. The molecule has 4 nitrogen and oxygen atoms in total. The van der Waals surface area contributed by atoms with Crippen molar-refractivity contribution in [2.24, 2.45) is 0 Å². The summed E-state index contributed by atoms with van der Waals surface area (Å²) in [6.45, 7) is 0. The highest BCUT2D eigenvalue weighted by Crippen LogP contribution is 2.37. The maximum absolute atomic E-state index is 13.6. The molecule has 2 amide bonds. The number of para-hydroxylation sites is 1. The molecule has 4 aromatic rings. The molecule has 0 spiro atoms. The van der Waals surface area contributed by atoms with E-state index in [-0.39, 0.29) is 12.0 Å². The van der Waals surface area contributed by atoms with Crippen molar-refractivity contribution >= 4 is 23.3 Å². The van der Waals surface area contributed by atoms with E-state index in [9.17, 15) is 18.0 Å². The van der Waals surface area contributed by atoms with Gasteiger partial charge in [-0.25, -0.2) is 4.79 Å². The number of aromatic nitrogens is 1. The molecule has 1 unspecified atom stereocenters.